The fourth-order valence-electron chi connectivity index (χ4n) is 2.50. The molecule has 0 unspecified atom stereocenters. The molecule has 0 bridgehead atoms. The maximum Gasteiger partial charge on any atom is 0.339 e. The molecule has 1 heterocycles. The molecule has 0 radical (unpaired) electrons. The molecular formula is C19H21FN2O5. The largest absolute Gasteiger partial charge is 0.478 e. The molecule has 0 atom stereocenters. The van der Waals surface area contributed by atoms with Crippen LogP contribution in [0.25, 0.3) is 0 Å². The molecule has 8 heteroatoms. The van der Waals surface area contributed by atoms with Crippen molar-refractivity contribution in [3.05, 3.63) is 53.2 Å². The second kappa shape index (κ2) is 8.48. The summed E-state index contributed by atoms with van der Waals surface area (Å²) in [4.78, 5) is 37.5. The van der Waals surface area contributed by atoms with Crippen LogP contribution < -0.4 is 5.32 Å². The number of nitrogens with zero attached hydrogens (tertiary/aromatic N) is 1. The first kappa shape index (κ1) is 20.2. The number of aromatic carboxylic acids is 1. The van der Waals surface area contributed by atoms with E-state index in [4.69, 9.17) is 4.42 Å². The van der Waals surface area contributed by atoms with Crippen molar-refractivity contribution >= 4 is 23.5 Å². The van der Waals surface area contributed by atoms with Crippen molar-refractivity contribution in [3.8, 4) is 0 Å². The smallest absolute Gasteiger partial charge is 0.339 e. The van der Waals surface area contributed by atoms with Crippen molar-refractivity contribution in [2.75, 3.05) is 11.9 Å². The number of nitrogens with one attached hydrogen (secondary N) is 1. The van der Waals surface area contributed by atoms with Gasteiger partial charge >= 0.3 is 5.97 Å². The van der Waals surface area contributed by atoms with E-state index in [-0.39, 0.29) is 29.7 Å². The highest BCUT2D eigenvalue weighted by Crippen LogP contribution is 2.19. The predicted octanol–water partition coefficient (Wildman–Crippen LogP) is 3.17. The molecule has 0 aliphatic carbocycles. The summed E-state index contributed by atoms with van der Waals surface area (Å²) in [6.07, 6.45) is 0.321. The Balaban J connectivity index is 2.16. The van der Waals surface area contributed by atoms with Crippen LogP contribution in [0.15, 0.2) is 34.7 Å². The van der Waals surface area contributed by atoms with Crippen LogP contribution in [-0.4, -0.2) is 40.4 Å². The molecule has 0 aliphatic rings. The second-order valence-corrected chi connectivity index (χ2v) is 6.19. The Hall–Kier alpha value is -3.16. The minimum Gasteiger partial charge on any atom is -0.478 e. The number of furan rings is 1. The van der Waals surface area contributed by atoms with Crippen LogP contribution in [-0.2, 0) is 11.2 Å². The molecule has 1 aromatic heterocycles. The number of hydrogen-bond acceptors (Lipinski definition) is 4. The zero-order valence-electron chi connectivity index (χ0n) is 15.3. The van der Waals surface area contributed by atoms with E-state index in [9.17, 15) is 23.9 Å². The van der Waals surface area contributed by atoms with Gasteiger partial charge in [0.05, 0.1) is 0 Å². The third-order valence-electron chi connectivity index (χ3n) is 3.90. The topological polar surface area (TPSA) is 99.9 Å². The van der Waals surface area contributed by atoms with Gasteiger partial charge in [-0.2, -0.15) is 0 Å². The Labute approximate surface area is 155 Å². The quantitative estimate of drug-likeness (QED) is 0.773. The predicted molar refractivity (Wildman–Crippen MR) is 96.2 cm³/mol. The van der Waals surface area contributed by atoms with Gasteiger partial charge in [0, 0.05) is 24.2 Å². The zero-order chi connectivity index (χ0) is 20.1. The van der Waals surface area contributed by atoms with Crippen LogP contribution in [0.1, 0.15) is 47.4 Å². The number of hydrogen-bond donors (Lipinski definition) is 2. The molecule has 2 amide bonds. The van der Waals surface area contributed by atoms with E-state index in [2.05, 4.69) is 5.32 Å². The number of carboxylic acids is 1. The van der Waals surface area contributed by atoms with Crippen molar-refractivity contribution in [2.24, 2.45) is 0 Å². The Morgan fingerprint density at radius 1 is 1.22 bits per heavy atom. The third kappa shape index (κ3) is 4.93. The third-order valence-corrected chi connectivity index (χ3v) is 3.90. The molecule has 1 aromatic carbocycles. The maximum atomic E-state index is 12.9. The highest BCUT2D eigenvalue weighted by molar-refractivity contribution is 6.00. The molecule has 0 spiro atoms. The lowest BCUT2D eigenvalue weighted by Crippen LogP contribution is -2.42. The van der Waals surface area contributed by atoms with Crippen LogP contribution in [0.4, 0.5) is 10.1 Å². The lowest BCUT2D eigenvalue weighted by Gasteiger charge is -2.25. The van der Waals surface area contributed by atoms with E-state index >= 15 is 0 Å². The van der Waals surface area contributed by atoms with Gasteiger partial charge in [0.15, 0.2) is 5.76 Å². The van der Waals surface area contributed by atoms with E-state index < -0.39 is 23.6 Å². The normalized spacial score (nSPS) is 10.7. The van der Waals surface area contributed by atoms with Crippen LogP contribution in [0.2, 0.25) is 0 Å². The molecule has 27 heavy (non-hydrogen) atoms. The van der Waals surface area contributed by atoms with E-state index in [0.29, 0.717) is 12.1 Å². The van der Waals surface area contributed by atoms with E-state index in [1.165, 1.54) is 35.2 Å². The second-order valence-electron chi connectivity index (χ2n) is 6.19. The van der Waals surface area contributed by atoms with Crippen LogP contribution in [0.3, 0.4) is 0 Å². The minimum absolute atomic E-state index is 0.0691. The highest BCUT2D eigenvalue weighted by Gasteiger charge is 2.27. The molecule has 0 saturated carbocycles. The number of carboxylic acid groups (broad SMARTS) is 1. The van der Waals surface area contributed by atoms with Crippen molar-refractivity contribution in [1.29, 1.82) is 0 Å². The maximum absolute atomic E-state index is 12.9. The molecule has 2 N–H and O–H groups in total. The average molecular weight is 376 g/mol. The van der Waals surface area contributed by atoms with Gasteiger partial charge in [-0.1, -0.05) is 6.92 Å². The molecule has 2 rings (SSSR count). The Bertz CT molecular complexity index is 842. The lowest BCUT2D eigenvalue weighted by molar-refractivity contribution is -0.117. The van der Waals surface area contributed by atoms with E-state index in [1.54, 1.807) is 20.8 Å². The number of rotatable bonds is 7. The van der Waals surface area contributed by atoms with Gasteiger partial charge in [0.2, 0.25) is 5.91 Å². The van der Waals surface area contributed by atoms with Crippen LogP contribution in [0.5, 0.6) is 0 Å². The van der Waals surface area contributed by atoms with Crippen LogP contribution in [0, 0.1) is 5.82 Å². The number of anilines is 1. The summed E-state index contributed by atoms with van der Waals surface area (Å²) < 4.78 is 18.3. The number of carbonyl (C=O) groups excluding carboxylic acids is 2. The zero-order valence-corrected chi connectivity index (χ0v) is 15.3. The average Bonchev–Trinajstić information content (AvgIpc) is 3.05. The SMILES string of the molecule is CCc1oc(C(=O)N(CC(=O)Nc2ccc(F)cc2)C(C)C)cc1C(=O)O. The molecule has 144 valence electrons. The number of halogens is 1. The van der Waals surface area contributed by atoms with E-state index in [1.807, 2.05) is 0 Å². The first-order chi connectivity index (χ1) is 12.7. The minimum atomic E-state index is -1.18. The molecule has 0 aliphatic heterocycles. The first-order valence-electron chi connectivity index (χ1n) is 8.45. The summed E-state index contributed by atoms with van der Waals surface area (Å²) in [7, 11) is 0. The number of carbonyl (C=O) groups is 3. The van der Waals surface area contributed by atoms with Gasteiger partial charge in [-0.05, 0) is 38.1 Å². The molecule has 2 aromatic rings. The van der Waals surface area contributed by atoms with Crippen molar-refractivity contribution in [3.63, 3.8) is 0 Å². The first-order valence-corrected chi connectivity index (χ1v) is 8.45. The lowest BCUT2D eigenvalue weighted by atomic mass is 10.2. The van der Waals surface area contributed by atoms with Gasteiger partial charge < -0.3 is 19.7 Å². The Morgan fingerprint density at radius 3 is 2.33 bits per heavy atom. The molecule has 0 saturated heterocycles. The van der Waals surface area contributed by atoms with E-state index in [0.717, 1.165) is 0 Å². The van der Waals surface area contributed by atoms with Crippen molar-refractivity contribution in [1.82, 2.24) is 4.90 Å². The molecule has 7 nitrogen and oxygen atoms in total. The fourth-order valence-corrected chi connectivity index (χ4v) is 2.50. The van der Waals surface area contributed by atoms with Gasteiger partial charge in [-0.25, -0.2) is 9.18 Å². The Morgan fingerprint density at radius 2 is 1.85 bits per heavy atom. The number of amides is 2. The van der Waals surface area contributed by atoms with Gasteiger partial charge in [0.1, 0.15) is 23.7 Å². The van der Waals surface area contributed by atoms with Gasteiger partial charge in [-0.15, -0.1) is 0 Å². The van der Waals surface area contributed by atoms with Gasteiger partial charge in [-0.3, -0.25) is 9.59 Å². The molecule has 0 fully saturated rings. The summed E-state index contributed by atoms with van der Waals surface area (Å²) in [5.41, 5.74) is 0.331. The fraction of sp³-hybridized carbons (Fsp3) is 0.316. The highest BCUT2D eigenvalue weighted by atomic mass is 19.1. The van der Waals surface area contributed by atoms with Crippen molar-refractivity contribution < 1.29 is 28.3 Å². The number of aryl methyl sites for hydroxylation is 1. The Kier molecular flexibility index (Phi) is 6.33. The monoisotopic (exact) mass is 376 g/mol. The summed E-state index contributed by atoms with van der Waals surface area (Å²) in [6, 6.07) is 6.09. The molecular weight excluding hydrogens is 355 g/mol. The van der Waals surface area contributed by atoms with Crippen molar-refractivity contribution in [2.45, 2.75) is 33.2 Å². The summed E-state index contributed by atoms with van der Waals surface area (Å²) in [5.74, 6) is -2.59. The van der Waals surface area contributed by atoms with Crippen LogP contribution >= 0.6 is 0 Å². The number of benzene rings is 1. The summed E-state index contributed by atoms with van der Waals surface area (Å²) >= 11 is 0. The standard InChI is InChI=1S/C19H21FN2O5/c1-4-15-14(19(25)26)9-16(27-15)18(24)22(11(2)3)10-17(23)21-13-7-5-12(20)6-8-13/h5-9,11H,4,10H2,1-3H3,(H,21,23)(H,25,26). The van der Waals surface area contributed by atoms with Gasteiger partial charge in [0.25, 0.3) is 5.91 Å². The summed E-state index contributed by atoms with van der Waals surface area (Å²) in [6.45, 7) is 4.91. The summed E-state index contributed by atoms with van der Waals surface area (Å²) in [5, 5.41) is 11.8.